The smallest absolute Gasteiger partial charge is 0.321 e. The number of carbonyl (C=O) groups excluding carboxylic acids is 1. The molecule has 24 heavy (non-hydrogen) atoms. The van der Waals surface area contributed by atoms with Crippen molar-refractivity contribution in [2.75, 3.05) is 25.5 Å². The average molecular weight is 324 g/mol. The molecular formula is C17H20N6O. The van der Waals surface area contributed by atoms with Crippen molar-refractivity contribution < 1.29 is 4.79 Å². The predicted octanol–water partition coefficient (Wildman–Crippen LogP) is 2.11. The zero-order valence-corrected chi connectivity index (χ0v) is 13.8. The molecule has 2 amide bonds. The number of urea groups is 1. The molecule has 1 N–H and O–H groups in total. The number of likely N-dealkylation sites (N-methyl/N-ethyl adjacent to an activating group) is 1. The van der Waals surface area contributed by atoms with E-state index < -0.39 is 0 Å². The number of likely N-dealkylation sites (tertiary alicyclic amines) is 1. The van der Waals surface area contributed by atoms with Gasteiger partial charge in [-0.1, -0.05) is 12.1 Å². The Balaban J connectivity index is 1.61. The Morgan fingerprint density at radius 2 is 2.12 bits per heavy atom. The molecule has 2 aromatic rings. The summed E-state index contributed by atoms with van der Waals surface area (Å²) < 4.78 is 1.76. The molecule has 1 fully saturated rings. The van der Waals surface area contributed by atoms with Gasteiger partial charge >= 0.3 is 6.03 Å². The molecule has 1 saturated heterocycles. The van der Waals surface area contributed by atoms with E-state index in [4.69, 9.17) is 5.26 Å². The molecule has 7 heteroatoms. The Kier molecular flexibility index (Phi) is 4.38. The van der Waals surface area contributed by atoms with Gasteiger partial charge in [-0.15, -0.1) is 0 Å². The average Bonchev–Trinajstić information content (AvgIpc) is 3.23. The van der Waals surface area contributed by atoms with E-state index in [0.29, 0.717) is 13.1 Å². The number of benzene rings is 1. The molecule has 1 aliphatic heterocycles. The molecule has 1 aromatic carbocycles. The first-order valence-corrected chi connectivity index (χ1v) is 7.84. The summed E-state index contributed by atoms with van der Waals surface area (Å²) in [6.07, 6.45) is 6.70. The monoisotopic (exact) mass is 324 g/mol. The van der Waals surface area contributed by atoms with Crippen LogP contribution in [0.1, 0.15) is 6.42 Å². The molecule has 1 aliphatic rings. The minimum absolute atomic E-state index is 0.0688. The number of anilines is 1. The highest BCUT2D eigenvalue weighted by molar-refractivity contribution is 5.89. The molecule has 0 saturated carbocycles. The van der Waals surface area contributed by atoms with Crippen molar-refractivity contribution >= 4 is 11.7 Å². The van der Waals surface area contributed by atoms with Crippen molar-refractivity contribution in [1.82, 2.24) is 19.6 Å². The number of aromatic nitrogens is 2. The standard InChI is InChI=1S/C17H20N6O/c1-21-10-14(9-19-21)13-3-5-15(6-4-13)20-17(24)22(2)16-7-8-23(11-16)12-18/h3-6,9-10,16H,7-8,11H2,1-2H3,(H,20,24)/t16-/m1/s1. The summed E-state index contributed by atoms with van der Waals surface area (Å²) in [6.45, 7) is 1.30. The first-order valence-electron chi connectivity index (χ1n) is 7.84. The van der Waals surface area contributed by atoms with Crippen LogP contribution in [0.2, 0.25) is 0 Å². The number of nitriles is 1. The van der Waals surface area contributed by atoms with Crippen LogP contribution < -0.4 is 5.32 Å². The summed E-state index contributed by atoms with van der Waals surface area (Å²) in [4.78, 5) is 15.7. The normalized spacial score (nSPS) is 16.7. The van der Waals surface area contributed by atoms with Crippen molar-refractivity contribution in [3.05, 3.63) is 36.7 Å². The number of aryl methyl sites for hydroxylation is 1. The number of nitrogens with one attached hydrogen (secondary N) is 1. The molecule has 2 heterocycles. The second-order valence-electron chi connectivity index (χ2n) is 6.01. The van der Waals surface area contributed by atoms with E-state index in [2.05, 4.69) is 16.6 Å². The third-order valence-corrected chi connectivity index (χ3v) is 4.35. The van der Waals surface area contributed by atoms with Gasteiger partial charge < -0.3 is 15.1 Å². The van der Waals surface area contributed by atoms with Crippen molar-refractivity contribution in [1.29, 1.82) is 5.26 Å². The van der Waals surface area contributed by atoms with Gasteiger partial charge in [0, 0.05) is 44.6 Å². The predicted molar refractivity (Wildman–Crippen MR) is 91.0 cm³/mol. The zero-order valence-electron chi connectivity index (χ0n) is 13.8. The summed E-state index contributed by atoms with van der Waals surface area (Å²) in [6, 6.07) is 7.58. The first-order chi connectivity index (χ1) is 11.6. The number of hydrogen-bond acceptors (Lipinski definition) is 4. The Morgan fingerprint density at radius 1 is 1.38 bits per heavy atom. The Labute approximate surface area is 141 Å². The fourth-order valence-electron chi connectivity index (χ4n) is 2.84. The van der Waals surface area contributed by atoms with Gasteiger partial charge in [-0.2, -0.15) is 10.4 Å². The van der Waals surface area contributed by atoms with Gasteiger partial charge in [-0.25, -0.2) is 4.79 Å². The van der Waals surface area contributed by atoms with Crippen LogP contribution >= 0.6 is 0 Å². The van der Waals surface area contributed by atoms with E-state index in [9.17, 15) is 4.79 Å². The lowest BCUT2D eigenvalue weighted by Crippen LogP contribution is -2.41. The Hall–Kier alpha value is -3.01. The van der Waals surface area contributed by atoms with Gasteiger partial charge in [-0.05, 0) is 24.1 Å². The van der Waals surface area contributed by atoms with Crippen LogP contribution in [0.5, 0.6) is 0 Å². The number of rotatable bonds is 3. The van der Waals surface area contributed by atoms with Crippen LogP contribution in [0.15, 0.2) is 36.7 Å². The minimum atomic E-state index is -0.158. The third-order valence-electron chi connectivity index (χ3n) is 4.35. The molecular weight excluding hydrogens is 304 g/mol. The summed E-state index contributed by atoms with van der Waals surface area (Å²) in [5.74, 6) is 0. The van der Waals surface area contributed by atoms with Crippen LogP contribution in [0.4, 0.5) is 10.5 Å². The number of hydrogen-bond donors (Lipinski definition) is 1. The van der Waals surface area contributed by atoms with Crippen LogP contribution in [-0.2, 0) is 7.05 Å². The highest BCUT2D eigenvalue weighted by Gasteiger charge is 2.27. The van der Waals surface area contributed by atoms with Gasteiger partial charge in [0.05, 0.1) is 12.2 Å². The fourth-order valence-corrected chi connectivity index (χ4v) is 2.84. The van der Waals surface area contributed by atoms with Gasteiger partial charge in [0.1, 0.15) is 0 Å². The Bertz CT molecular complexity index is 760. The lowest BCUT2D eigenvalue weighted by Gasteiger charge is -2.24. The Morgan fingerprint density at radius 3 is 2.71 bits per heavy atom. The maximum absolute atomic E-state index is 12.4. The van der Waals surface area contributed by atoms with Crippen LogP contribution in [0, 0.1) is 11.5 Å². The molecule has 0 unspecified atom stereocenters. The molecule has 1 aromatic heterocycles. The second-order valence-corrected chi connectivity index (χ2v) is 6.01. The first kappa shape index (κ1) is 15.9. The second kappa shape index (κ2) is 6.62. The van der Waals surface area contributed by atoms with E-state index in [1.165, 1.54) is 0 Å². The lowest BCUT2D eigenvalue weighted by molar-refractivity contribution is 0.205. The number of amides is 2. The minimum Gasteiger partial charge on any atom is -0.323 e. The van der Waals surface area contributed by atoms with E-state index in [-0.39, 0.29) is 12.1 Å². The molecule has 1 atom stereocenters. The maximum atomic E-state index is 12.4. The molecule has 0 radical (unpaired) electrons. The quantitative estimate of drug-likeness (QED) is 0.877. The van der Waals surface area contributed by atoms with E-state index in [1.54, 1.807) is 21.5 Å². The summed E-state index contributed by atoms with van der Waals surface area (Å²) in [7, 11) is 3.65. The van der Waals surface area contributed by atoms with Crippen LogP contribution in [0.3, 0.4) is 0 Å². The summed E-state index contributed by atoms with van der Waals surface area (Å²) >= 11 is 0. The van der Waals surface area contributed by atoms with Gasteiger partial charge in [-0.3, -0.25) is 4.68 Å². The molecule has 0 bridgehead atoms. The van der Waals surface area contributed by atoms with E-state index in [0.717, 1.165) is 23.2 Å². The molecule has 0 spiro atoms. The van der Waals surface area contributed by atoms with Crippen molar-refractivity contribution in [3.63, 3.8) is 0 Å². The van der Waals surface area contributed by atoms with Gasteiger partial charge in [0.25, 0.3) is 0 Å². The summed E-state index contributed by atoms with van der Waals surface area (Å²) in [5.41, 5.74) is 2.83. The molecule has 7 nitrogen and oxygen atoms in total. The van der Waals surface area contributed by atoms with Gasteiger partial charge in [0.15, 0.2) is 6.19 Å². The van der Waals surface area contributed by atoms with Crippen molar-refractivity contribution in [3.8, 4) is 17.3 Å². The molecule has 124 valence electrons. The molecule has 0 aliphatic carbocycles. The number of carbonyl (C=O) groups is 1. The largest absolute Gasteiger partial charge is 0.323 e. The van der Waals surface area contributed by atoms with Crippen molar-refractivity contribution in [2.45, 2.75) is 12.5 Å². The topological polar surface area (TPSA) is 77.2 Å². The molecule has 3 rings (SSSR count). The SMILES string of the molecule is CN(C(=O)Nc1ccc(-c2cnn(C)c2)cc1)[C@@H]1CCN(C#N)C1. The van der Waals surface area contributed by atoms with E-state index >= 15 is 0 Å². The zero-order chi connectivity index (χ0) is 17.1. The fraction of sp³-hybridized carbons (Fsp3) is 0.353. The van der Waals surface area contributed by atoms with E-state index in [1.807, 2.05) is 43.7 Å². The number of nitrogens with zero attached hydrogens (tertiary/aromatic N) is 5. The summed E-state index contributed by atoms with van der Waals surface area (Å²) in [5, 5.41) is 16.0. The highest BCUT2D eigenvalue weighted by atomic mass is 16.2. The third kappa shape index (κ3) is 3.33. The van der Waals surface area contributed by atoms with Crippen molar-refractivity contribution in [2.24, 2.45) is 7.05 Å². The lowest BCUT2D eigenvalue weighted by atomic mass is 10.1. The highest BCUT2D eigenvalue weighted by Crippen LogP contribution is 2.21. The maximum Gasteiger partial charge on any atom is 0.321 e. The van der Waals surface area contributed by atoms with Crippen LogP contribution in [-0.4, -0.2) is 51.8 Å². The van der Waals surface area contributed by atoms with Crippen LogP contribution in [0.25, 0.3) is 11.1 Å². The van der Waals surface area contributed by atoms with Gasteiger partial charge in [0.2, 0.25) is 0 Å².